The first-order chi connectivity index (χ1) is 14.8. The Morgan fingerprint density at radius 3 is 2.52 bits per heavy atom. The highest BCUT2D eigenvalue weighted by atomic mass is 19.1. The topological polar surface area (TPSA) is 103 Å². The van der Waals surface area contributed by atoms with E-state index in [-0.39, 0.29) is 5.69 Å². The number of nitro groups is 1. The average molecular weight is 425 g/mol. The van der Waals surface area contributed by atoms with E-state index in [1.807, 2.05) is 41.8 Å². The molecule has 1 aromatic heterocycles. The molecule has 8 nitrogen and oxygen atoms in total. The number of esters is 1. The molecule has 0 saturated carbocycles. The third kappa shape index (κ3) is 5.13. The van der Waals surface area contributed by atoms with Crippen molar-refractivity contribution in [3.63, 3.8) is 0 Å². The van der Waals surface area contributed by atoms with Gasteiger partial charge in [0, 0.05) is 29.7 Å². The maximum atomic E-state index is 13.4. The highest BCUT2D eigenvalue weighted by Gasteiger charge is 2.19. The molecule has 0 aliphatic rings. The van der Waals surface area contributed by atoms with Gasteiger partial charge in [0.25, 0.3) is 5.91 Å². The highest BCUT2D eigenvalue weighted by molar-refractivity contribution is 5.96. The zero-order valence-corrected chi connectivity index (χ0v) is 16.9. The fraction of sp³-hybridized carbons (Fsp3) is 0.182. The lowest BCUT2D eigenvalue weighted by molar-refractivity contribution is -0.387. The van der Waals surface area contributed by atoms with Crippen LogP contribution >= 0.6 is 0 Å². The van der Waals surface area contributed by atoms with Gasteiger partial charge in [-0.1, -0.05) is 30.3 Å². The van der Waals surface area contributed by atoms with Gasteiger partial charge in [-0.3, -0.25) is 14.9 Å². The summed E-state index contributed by atoms with van der Waals surface area (Å²) >= 11 is 0. The Hall–Kier alpha value is -4.01. The molecule has 1 N–H and O–H groups in total. The number of nitro benzene ring substituents is 1. The number of anilines is 1. The van der Waals surface area contributed by atoms with Crippen LogP contribution in [0.5, 0.6) is 0 Å². The lowest BCUT2D eigenvalue weighted by atomic mass is 10.2. The summed E-state index contributed by atoms with van der Waals surface area (Å²) in [6, 6.07) is 14.4. The minimum Gasteiger partial charge on any atom is -0.452 e. The van der Waals surface area contributed by atoms with Gasteiger partial charge in [0.15, 0.2) is 6.61 Å². The number of hydrogen-bond donors (Lipinski definition) is 1. The van der Waals surface area contributed by atoms with Crippen LogP contribution < -0.4 is 5.32 Å². The van der Waals surface area contributed by atoms with Gasteiger partial charge in [0.2, 0.25) is 5.82 Å². The van der Waals surface area contributed by atoms with E-state index in [2.05, 4.69) is 5.32 Å². The van der Waals surface area contributed by atoms with E-state index < -0.39 is 34.9 Å². The van der Waals surface area contributed by atoms with Crippen molar-refractivity contribution in [2.24, 2.45) is 0 Å². The van der Waals surface area contributed by atoms with Gasteiger partial charge in [0.1, 0.15) is 0 Å². The highest BCUT2D eigenvalue weighted by Crippen LogP contribution is 2.22. The average Bonchev–Trinajstić information content (AvgIpc) is 3.02. The molecule has 1 heterocycles. The molecule has 0 bridgehead atoms. The number of aromatic nitrogens is 1. The number of carbonyl (C=O) groups excluding carboxylic acids is 2. The Kier molecular flexibility index (Phi) is 6.44. The van der Waals surface area contributed by atoms with E-state index in [1.54, 1.807) is 13.0 Å². The summed E-state index contributed by atoms with van der Waals surface area (Å²) < 4.78 is 20.5. The molecule has 0 aliphatic carbocycles. The Morgan fingerprint density at radius 1 is 1.13 bits per heavy atom. The van der Waals surface area contributed by atoms with Crippen LogP contribution in [0.2, 0.25) is 0 Å². The van der Waals surface area contributed by atoms with E-state index in [4.69, 9.17) is 4.74 Å². The quantitative estimate of drug-likeness (QED) is 0.350. The van der Waals surface area contributed by atoms with Crippen molar-refractivity contribution in [1.82, 2.24) is 4.57 Å². The molecular weight excluding hydrogens is 405 g/mol. The van der Waals surface area contributed by atoms with Crippen LogP contribution in [-0.4, -0.2) is 28.0 Å². The van der Waals surface area contributed by atoms with Crippen LogP contribution in [-0.2, 0) is 16.1 Å². The van der Waals surface area contributed by atoms with E-state index in [9.17, 15) is 24.1 Å². The maximum Gasteiger partial charge on any atom is 0.340 e. The maximum absolute atomic E-state index is 13.4. The SMILES string of the molecule is Cc1cc(C(=O)OCC(=O)Nc2ccc(F)c([N+](=O)[O-])c2)c(C)n1Cc1ccccc1. The standard InChI is InChI=1S/C22H20FN3O5/c1-14-10-18(15(2)25(14)12-16-6-4-3-5-7-16)22(28)31-13-21(27)24-17-8-9-19(23)20(11-17)26(29)30/h3-11H,12-13H2,1-2H3,(H,24,27). The second-order valence-corrected chi connectivity index (χ2v) is 6.90. The summed E-state index contributed by atoms with van der Waals surface area (Å²) in [5, 5.41) is 13.1. The summed E-state index contributed by atoms with van der Waals surface area (Å²) in [6.45, 7) is 3.67. The van der Waals surface area contributed by atoms with Crippen molar-refractivity contribution in [1.29, 1.82) is 0 Å². The molecule has 31 heavy (non-hydrogen) atoms. The Bertz CT molecular complexity index is 1140. The van der Waals surface area contributed by atoms with Crippen LogP contribution in [0.15, 0.2) is 54.6 Å². The van der Waals surface area contributed by atoms with Gasteiger partial charge < -0.3 is 14.6 Å². The van der Waals surface area contributed by atoms with Crippen molar-refractivity contribution in [3.05, 3.63) is 93.0 Å². The molecule has 0 aliphatic heterocycles. The largest absolute Gasteiger partial charge is 0.452 e. The molecule has 9 heteroatoms. The number of ether oxygens (including phenoxy) is 1. The molecule has 0 fully saturated rings. The van der Waals surface area contributed by atoms with Crippen molar-refractivity contribution in [2.75, 3.05) is 11.9 Å². The minimum absolute atomic E-state index is 0.0233. The molecule has 1 amide bonds. The monoisotopic (exact) mass is 425 g/mol. The van der Waals surface area contributed by atoms with Gasteiger partial charge in [-0.15, -0.1) is 0 Å². The van der Waals surface area contributed by atoms with Gasteiger partial charge >= 0.3 is 11.7 Å². The predicted molar refractivity (Wildman–Crippen MR) is 111 cm³/mol. The van der Waals surface area contributed by atoms with Crippen LogP contribution in [0.3, 0.4) is 0 Å². The first-order valence-corrected chi connectivity index (χ1v) is 9.38. The first-order valence-electron chi connectivity index (χ1n) is 9.38. The number of aryl methyl sites for hydroxylation is 1. The van der Waals surface area contributed by atoms with E-state index >= 15 is 0 Å². The lowest BCUT2D eigenvalue weighted by Crippen LogP contribution is -2.21. The molecule has 2 aromatic carbocycles. The van der Waals surface area contributed by atoms with E-state index in [1.165, 1.54) is 6.07 Å². The van der Waals surface area contributed by atoms with Crippen LogP contribution in [0.1, 0.15) is 27.3 Å². The fourth-order valence-corrected chi connectivity index (χ4v) is 3.15. The Labute approximate surface area is 177 Å². The Morgan fingerprint density at radius 2 is 1.84 bits per heavy atom. The molecular formula is C22H20FN3O5. The lowest BCUT2D eigenvalue weighted by Gasteiger charge is -2.10. The first kappa shape index (κ1) is 21.7. The number of amides is 1. The van der Waals surface area contributed by atoms with Crippen molar-refractivity contribution >= 4 is 23.3 Å². The zero-order chi connectivity index (χ0) is 22.5. The number of nitrogens with one attached hydrogen (secondary N) is 1. The third-order valence-corrected chi connectivity index (χ3v) is 4.74. The van der Waals surface area contributed by atoms with E-state index in [0.29, 0.717) is 17.8 Å². The summed E-state index contributed by atoms with van der Waals surface area (Å²) in [7, 11) is 0. The van der Waals surface area contributed by atoms with E-state index in [0.717, 1.165) is 23.4 Å². The van der Waals surface area contributed by atoms with Crippen LogP contribution in [0.4, 0.5) is 15.8 Å². The molecule has 3 rings (SSSR count). The van der Waals surface area contributed by atoms with Crippen LogP contribution in [0.25, 0.3) is 0 Å². The van der Waals surface area contributed by atoms with Gasteiger partial charge in [-0.05, 0) is 37.6 Å². The number of carbonyl (C=O) groups is 2. The molecule has 0 unspecified atom stereocenters. The predicted octanol–water partition coefficient (Wildman–Crippen LogP) is 4.00. The summed E-state index contributed by atoms with van der Waals surface area (Å²) in [5.41, 5.74) is 2.27. The number of halogens is 1. The van der Waals surface area contributed by atoms with Gasteiger partial charge in [-0.2, -0.15) is 4.39 Å². The molecule has 0 spiro atoms. The van der Waals surface area contributed by atoms with Crippen LogP contribution in [0, 0.1) is 29.8 Å². The third-order valence-electron chi connectivity index (χ3n) is 4.74. The van der Waals surface area contributed by atoms with Gasteiger partial charge in [-0.25, -0.2) is 4.79 Å². The normalized spacial score (nSPS) is 10.5. The van der Waals surface area contributed by atoms with Crippen molar-refractivity contribution in [3.8, 4) is 0 Å². The minimum atomic E-state index is -1.01. The second kappa shape index (κ2) is 9.21. The summed E-state index contributed by atoms with van der Waals surface area (Å²) in [6.07, 6.45) is 0. The number of nitrogens with zero attached hydrogens (tertiary/aromatic N) is 2. The molecule has 0 saturated heterocycles. The van der Waals surface area contributed by atoms with Gasteiger partial charge in [0.05, 0.1) is 10.5 Å². The molecule has 0 radical (unpaired) electrons. The Balaban J connectivity index is 1.63. The molecule has 0 atom stereocenters. The van der Waals surface area contributed by atoms with Crippen molar-refractivity contribution < 1.29 is 23.6 Å². The van der Waals surface area contributed by atoms with Crippen molar-refractivity contribution in [2.45, 2.75) is 20.4 Å². The number of rotatable bonds is 7. The molecule has 3 aromatic rings. The fourth-order valence-electron chi connectivity index (χ4n) is 3.15. The zero-order valence-electron chi connectivity index (χ0n) is 16.9. The summed E-state index contributed by atoms with van der Waals surface area (Å²) in [4.78, 5) is 34.4. The number of hydrogen-bond acceptors (Lipinski definition) is 5. The second-order valence-electron chi connectivity index (χ2n) is 6.90. The smallest absolute Gasteiger partial charge is 0.340 e. The number of benzene rings is 2. The summed E-state index contributed by atoms with van der Waals surface area (Å²) in [5.74, 6) is -2.37. The molecule has 160 valence electrons.